The van der Waals surface area contributed by atoms with E-state index in [0.29, 0.717) is 17.0 Å². The van der Waals surface area contributed by atoms with E-state index in [1.807, 2.05) is 19.1 Å². The van der Waals surface area contributed by atoms with E-state index in [1.165, 1.54) is 4.31 Å². The van der Waals surface area contributed by atoms with Crippen molar-refractivity contribution in [3.05, 3.63) is 64.7 Å². The van der Waals surface area contributed by atoms with Crippen LogP contribution in [0, 0.1) is 6.92 Å². The molecule has 6 heteroatoms. The molecule has 0 bridgehead atoms. The van der Waals surface area contributed by atoms with Gasteiger partial charge in [0.05, 0.1) is 10.4 Å². The molecule has 1 aliphatic heterocycles. The summed E-state index contributed by atoms with van der Waals surface area (Å²) >= 11 is 6.29. The van der Waals surface area contributed by atoms with E-state index < -0.39 is 21.7 Å². The lowest BCUT2D eigenvalue weighted by Crippen LogP contribution is -2.32. The smallest absolute Gasteiger partial charge is 0.244 e. The Morgan fingerprint density at radius 1 is 1.15 bits per heavy atom. The fourth-order valence-electron chi connectivity index (χ4n) is 4.39. The minimum absolute atomic E-state index is 0.172. The van der Waals surface area contributed by atoms with Gasteiger partial charge in [0, 0.05) is 16.6 Å². The van der Waals surface area contributed by atoms with Gasteiger partial charge in [-0.1, -0.05) is 60.3 Å². The van der Waals surface area contributed by atoms with Crippen molar-refractivity contribution in [1.29, 1.82) is 0 Å². The summed E-state index contributed by atoms with van der Waals surface area (Å²) in [5, 5.41) is 11.6. The summed E-state index contributed by atoms with van der Waals surface area (Å²) in [6.07, 6.45) is 2.36. The molecule has 2 aromatic carbocycles. The van der Waals surface area contributed by atoms with E-state index in [9.17, 15) is 13.5 Å². The third-order valence-corrected chi connectivity index (χ3v) is 8.08. The molecule has 0 radical (unpaired) electrons. The van der Waals surface area contributed by atoms with E-state index in [4.69, 9.17) is 11.6 Å². The Labute approximate surface area is 159 Å². The number of halogens is 1. The van der Waals surface area contributed by atoms with E-state index in [1.54, 1.807) is 36.4 Å². The van der Waals surface area contributed by atoms with Gasteiger partial charge in [0.2, 0.25) is 10.0 Å². The summed E-state index contributed by atoms with van der Waals surface area (Å²) in [5.74, 6) is 0. The van der Waals surface area contributed by atoms with Crippen LogP contribution in [0.2, 0.25) is 5.02 Å². The molecule has 1 N–H and O–H groups in total. The van der Waals surface area contributed by atoms with Gasteiger partial charge in [-0.25, -0.2) is 8.42 Å². The summed E-state index contributed by atoms with van der Waals surface area (Å²) in [5.41, 5.74) is 0.827. The van der Waals surface area contributed by atoms with Gasteiger partial charge >= 0.3 is 0 Å². The number of aliphatic hydroxyl groups is 1. The van der Waals surface area contributed by atoms with Crippen LogP contribution in [0.5, 0.6) is 0 Å². The van der Waals surface area contributed by atoms with Crippen LogP contribution in [-0.2, 0) is 10.0 Å². The molecule has 26 heavy (non-hydrogen) atoms. The van der Waals surface area contributed by atoms with Crippen molar-refractivity contribution < 1.29 is 13.5 Å². The SMILES string of the molecule is Cc1ccc(S(=O)(=O)N2[C@H]3CCCC[C@]32[C@H](O)c2ccccc2Cl)cc1. The number of benzene rings is 2. The van der Waals surface area contributed by atoms with E-state index in [2.05, 4.69) is 0 Å². The quantitative estimate of drug-likeness (QED) is 0.799. The van der Waals surface area contributed by atoms with Gasteiger partial charge in [-0.2, -0.15) is 4.31 Å². The molecule has 4 rings (SSSR count). The highest BCUT2D eigenvalue weighted by Gasteiger charge is 2.72. The third kappa shape index (κ3) is 2.61. The fraction of sp³-hybridized carbons (Fsp3) is 0.400. The van der Waals surface area contributed by atoms with Gasteiger partial charge in [-0.3, -0.25) is 0 Å². The van der Waals surface area contributed by atoms with Crippen LogP contribution >= 0.6 is 11.6 Å². The molecule has 2 aliphatic rings. The molecule has 4 atom stereocenters. The van der Waals surface area contributed by atoms with Gasteiger partial charge in [0.15, 0.2) is 0 Å². The lowest BCUT2D eigenvalue weighted by atomic mass is 9.82. The fourth-order valence-corrected chi connectivity index (χ4v) is 6.67. The topological polar surface area (TPSA) is 57.4 Å². The Morgan fingerprint density at radius 3 is 2.54 bits per heavy atom. The molecule has 2 aromatic rings. The van der Waals surface area contributed by atoms with Gasteiger partial charge in [0.1, 0.15) is 6.10 Å². The largest absolute Gasteiger partial charge is 0.386 e. The van der Waals surface area contributed by atoms with Crippen LogP contribution in [0.3, 0.4) is 0 Å². The molecule has 1 saturated heterocycles. The van der Waals surface area contributed by atoms with Crippen molar-refractivity contribution in [2.24, 2.45) is 0 Å². The minimum atomic E-state index is -3.66. The average Bonchev–Trinajstić information content (AvgIpc) is 3.33. The zero-order valence-corrected chi connectivity index (χ0v) is 16.2. The Morgan fingerprint density at radius 2 is 1.85 bits per heavy atom. The highest BCUT2D eigenvalue weighted by atomic mass is 35.5. The third-order valence-electron chi connectivity index (χ3n) is 5.76. The van der Waals surface area contributed by atoms with Gasteiger partial charge in [0.25, 0.3) is 0 Å². The molecule has 1 saturated carbocycles. The van der Waals surface area contributed by atoms with Crippen LogP contribution in [-0.4, -0.2) is 29.4 Å². The van der Waals surface area contributed by atoms with Crippen molar-refractivity contribution in [1.82, 2.24) is 4.31 Å². The summed E-state index contributed by atoms with van der Waals surface area (Å²) in [4.78, 5) is 0.281. The molecular formula is C20H22ClNO3S. The van der Waals surface area contributed by atoms with E-state index in [0.717, 1.165) is 24.8 Å². The second-order valence-electron chi connectivity index (χ2n) is 7.29. The Kier molecular flexibility index (Phi) is 4.39. The number of sulfonamides is 1. The standard InChI is InChI=1S/C20H22ClNO3S/c1-14-9-11-15(12-10-14)26(24,25)22-18-8-4-5-13-20(18,22)19(23)16-6-2-3-7-17(16)21/h2-3,6-7,9-12,18-19,23H,4-5,8,13H2,1H3/t18-,19+,20+,22?/m0/s1. The maximum absolute atomic E-state index is 13.3. The molecule has 1 unspecified atom stereocenters. The molecule has 1 heterocycles. The molecule has 4 nitrogen and oxygen atoms in total. The van der Waals surface area contributed by atoms with Gasteiger partial charge in [-0.05, 0) is 38.0 Å². The summed E-state index contributed by atoms with van der Waals surface area (Å²) < 4.78 is 28.1. The van der Waals surface area contributed by atoms with Crippen LogP contribution in [0.1, 0.15) is 42.9 Å². The van der Waals surface area contributed by atoms with Crippen molar-refractivity contribution in [2.45, 2.75) is 55.2 Å². The average molecular weight is 392 g/mol. The number of hydrogen-bond acceptors (Lipinski definition) is 3. The van der Waals surface area contributed by atoms with E-state index >= 15 is 0 Å². The zero-order valence-electron chi connectivity index (χ0n) is 14.6. The first-order valence-electron chi connectivity index (χ1n) is 8.93. The van der Waals surface area contributed by atoms with Crippen molar-refractivity contribution >= 4 is 21.6 Å². The van der Waals surface area contributed by atoms with E-state index in [-0.39, 0.29) is 10.9 Å². The maximum Gasteiger partial charge on any atom is 0.244 e. The molecule has 0 aromatic heterocycles. The van der Waals surface area contributed by atoms with Gasteiger partial charge < -0.3 is 5.11 Å². The molecule has 0 amide bonds. The van der Waals surface area contributed by atoms with Crippen LogP contribution in [0.25, 0.3) is 0 Å². The van der Waals surface area contributed by atoms with Crippen LogP contribution in [0.4, 0.5) is 0 Å². The molecule has 138 valence electrons. The molecule has 0 spiro atoms. The summed E-state index contributed by atoms with van der Waals surface area (Å²) in [7, 11) is -3.66. The molecule has 1 aliphatic carbocycles. The number of aliphatic hydroxyl groups excluding tert-OH is 1. The Hall–Kier alpha value is -1.40. The van der Waals surface area contributed by atoms with Crippen molar-refractivity contribution in [3.8, 4) is 0 Å². The first kappa shape index (κ1) is 18.0. The molecule has 2 fully saturated rings. The monoisotopic (exact) mass is 391 g/mol. The highest BCUT2D eigenvalue weighted by Crippen LogP contribution is 2.60. The normalized spacial score (nSPS) is 29.0. The Bertz CT molecular complexity index is 928. The first-order chi connectivity index (χ1) is 12.4. The maximum atomic E-state index is 13.3. The number of fused-ring (bicyclic) bond motifs is 1. The zero-order chi connectivity index (χ0) is 18.5. The summed E-state index contributed by atoms with van der Waals surface area (Å²) in [6, 6.07) is 13.9. The Balaban J connectivity index is 1.75. The van der Waals surface area contributed by atoms with Gasteiger partial charge in [-0.15, -0.1) is 0 Å². The van der Waals surface area contributed by atoms with Crippen LogP contribution in [0.15, 0.2) is 53.4 Å². The second kappa shape index (κ2) is 6.34. The van der Waals surface area contributed by atoms with Crippen molar-refractivity contribution in [3.63, 3.8) is 0 Å². The first-order valence-corrected chi connectivity index (χ1v) is 10.7. The minimum Gasteiger partial charge on any atom is -0.386 e. The predicted octanol–water partition coefficient (Wildman–Crippen LogP) is 4.07. The highest BCUT2D eigenvalue weighted by molar-refractivity contribution is 7.89. The predicted molar refractivity (Wildman–Crippen MR) is 102 cm³/mol. The number of rotatable bonds is 4. The number of nitrogens with zero attached hydrogens (tertiary/aromatic N) is 1. The lowest BCUT2D eigenvalue weighted by Gasteiger charge is -2.27. The number of aryl methyl sites for hydroxylation is 1. The van der Waals surface area contributed by atoms with Crippen molar-refractivity contribution in [2.75, 3.05) is 0 Å². The lowest BCUT2D eigenvalue weighted by molar-refractivity contribution is 0.104. The molecular weight excluding hydrogens is 370 g/mol. The second-order valence-corrected chi connectivity index (χ2v) is 9.51. The van der Waals surface area contributed by atoms with Crippen LogP contribution < -0.4 is 0 Å². The number of hydrogen-bond donors (Lipinski definition) is 1. The summed E-state index contributed by atoms with van der Waals surface area (Å²) in [6.45, 7) is 1.93.